The Kier molecular flexibility index (Phi) is 8.46. The highest BCUT2D eigenvalue weighted by Crippen LogP contribution is 2.34. The van der Waals surface area contributed by atoms with E-state index in [4.69, 9.17) is 15.2 Å². The predicted molar refractivity (Wildman–Crippen MR) is 129 cm³/mol. The van der Waals surface area contributed by atoms with Crippen LogP contribution in [-0.4, -0.2) is 44.9 Å². The smallest absolute Gasteiger partial charge is 0.341 e. The number of halogens is 1. The Hall–Kier alpha value is -3.45. The summed E-state index contributed by atoms with van der Waals surface area (Å²) in [6.07, 6.45) is -0.477. The van der Waals surface area contributed by atoms with Crippen LogP contribution in [0.3, 0.4) is 0 Å². The van der Waals surface area contributed by atoms with Crippen molar-refractivity contribution in [1.29, 1.82) is 0 Å². The van der Waals surface area contributed by atoms with Crippen molar-refractivity contribution >= 4 is 45.9 Å². The average Bonchev–Trinajstić information content (AvgIpc) is 3.33. The number of carbonyl (C=O) groups is 3. The number of hydrogen-bond donors (Lipinski definition) is 2. The van der Waals surface area contributed by atoms with Crippen LogP contribution in [-0.2, 0) is 16.6 Å². The number of aromatic nitrogens is 3. The van der Waals surface area contributed by atoms with Gasteiger partial charge in [0, 0.05) is 7.05 Å². The molecule has 0 aliphatic rings. The molecule has 0 bridgehead atoms. The molecule has 10 nitrogen and oxygen atoms in total. The summed E-state index contributed by atoms with van der Waals surface area (Å²) in [7, 11) is 1.74. The lowest BCUT2D eigenvalue weighted by Gasteiger charge is -2.14. The van der Waals surface area contributed by atoms with Crippen LogP contribution < -0.4 is 15.8 Å². The number of carbonyl (C=O) groups excluding carboxylic acids is 3. The second-order valence-electron chi connectivity index (χ2n) is 7.30. The van der Waals surface area contributed by atoms with E-state index in [1.165, 1.54) is 24.3 Å². The van der Waals surface area contributed by atoms with Crippen molar-refractivity contribution in [2.45, 2.75) is 32.0 Å². The van der Waals surface area contributed by atoms with Crippen LogP contribution in [0.2, 0.25) is 0 Å². The quantitative estimate of drug-likeness (QED) is 0.305. The summed E-state index contributed by atoms with van der Waals surface area (Å²) >= 11 is 2.05. The van der Waals surface area contributed by atoms with Gasteiger partial charge >= 0.3 is 5.97 Å². The van der Waals surface area contributed by atoms with Crippen LogP contribution in [0.15, 0.2) is 29.4 Å². The summed E-state index contributed by atoms with van der Waals surface area (Å²) in [6, 6.07) is 5.63. The van der Waals surface area contributed by atoms with Gasteiger partial charge in [0.15, 0.2) is 17.1 Å². The number of nitrogens with zero attached hydrogens (tertiary/aromatic N) is 3. The molecule has 13 heteroatoms. The van der Waals surface area contributed by atoms with Gasteiger partial charge < -0.3 is 25.1 Å². The molecule has 186 valence electrons. The first-order chi connectivity index (χ1) is 16.6. The Labute approximate surface area is 209 Å². The number of anilines is 1. The van der Waals surface area contributed by atoms with Crippen LogP contribution in [0.25, 0.3) is 0 Å². The Morgan fingerprint density at radius 1 is 1.26 bits per heavy atom. The van der Waals surface area contributed by atoms with Crippen molar-refractivity contribution < 1.29 is 28.2 Å². The fraction of sp³-hybridized carbons (Fsp3) is 0.318. The third-order valence-electron chi connectivity index (χ3n) is 4.79. The molecule has 0 aliphatic heterocycles. The van der Waals surface area contributed by atoms with Crippen LogP contribution in [0.4, 0.5) is 9.39 Å². The van der Waals surface area contributed by atoms with E-state index in [0.717, 1.165) is 23.1 Å². The molecule has 1 unspecified atom stereocenters. The van der Waals surface area contributed by atoms with E-state index in [1.807, 2.05) is 0 Å². The lowest BCUT2D eigenvalue weighted by molar-refractivity contribution is -0.113. The first kappa shape index (κ1) is 26.2. The normalized spacial score (nSPS) is 11.7. The SMILES string of the molecule is CCOC(=O)c1c(NC(=O)CSc2nnc(C(C)Oc3ccc(F)cc3)n2C)sc(C(N)=O)c1C. The molecule has 1 atom stereocenters. The molecule has 2 aromatic heterocycles. The fourth-order valence-electron chi connectivity index (χ4n) is 3.15. The number of primary amides is 1. The molecule has 0 radical (unpaired) electrons. The fourth-order valence-corrected chi connectivity index (χ4v) is 4.94. The van der Waals surface area contributed by atoms with Gasteiger partial charge in [-0.2, -0.15) is 0 Å². The first-order valence-corrected chi connectivity index (χ1v) is 12.3. The molecule has 0 saturated carbocycles. The summed E-state index contributed by atoms with van der Waals surface area (Å²) < 4.78 is 25.6. The predicted octanol–water partition coefficient (Wildman–Crippen LogP) is 3.47. The number of benzene rings is 1. The zero-order valence-corrected chi connectivity index (χ0v) is 21.1. The molecule has 0 aliphatic carbocycles. The van der Waals surface area contributed by atoms with E-state index in [-0.39, 0.29) is 33.6 Å². The first-order valence-electron chi connectivity index (χ1n) is 10.5. The Morgan fingerprint density at radius 3 is 2.57 bits per heavy atom. The molecule has 1 aromatic carbocycles. The molecular formula is C22H24FN5O5S2. The molecule has 0 fully saturated rings. The van der Waals surface area contributed by atoms with E-state index in [1.54, 1.807) is 32.4 Å². The van der Waals surface area contributed by atoms with Crippen molar-refractivity contribution in [3.05, 3.63) is 51.9 Å². The molecular weight excluding hydrogens is 497 g/mol. The highest BCUT2D eigenvalue weighted by molar-refractivity contribution is 7.99. The summed E-state index contributed by atoms with van der Waals surface area (Å²) in [5.74, 6) is -1.17. The van der Waals surface area contributed by atoms with E-state index >= 15 is 0 Å². The average molecular weight is 522 g/mol. The monoisotopic (exact) mass is 521 g/mol. The lowest BCUT2D eigenvalue weighted by Crippen LogP contribution is -2.17. The second kappa shape index (κ2) is 11.3. The molecule has 3 rings (SSSR count). The van der Waals surface area contributed by atoms with Crippen LogP contribution in [0.1, 0.15) is 51.4 Å². The molecule has 35 heavy (non-hydrogen) atoms. The van der Waals surface area contributed by atoms with Gasteiger partial charge in [0.25, 0.3) is 5.91 Å². The summed E-state index contributed by atoms with van der Waals surface area (Å²) in [5.41, 5.74) is 5.86. The van der Waals surface area contributed by atoms with Crippen molar-refractivity contribution in [1.82, 2.24) is 14.8 Å². The van der Waals surface area contributed by atoms with E-state index in [0.29, 0.717) is 22.3 Å². The summed E-state index contributed by atoms with van der Waals surface area (Å²) in [6.45, 7) is 5.15. The van der Waals surface area contributed by atoms with Gasteiger partial charge in [0.1, 0.15) is 16.6 Å². The zero-order chi connectivity index (χ0) is 25.7. The van der Waals surface area contributed by atoms with Gasteiger partial charge in [-0.05, 0) is 50.6 Å². The minimum atomic E-state index is -0.698. The number of ether oxygens (including phenoxy) is 2. The van der Waals surface area contributed by atoms with Crippen LogP contribution >= 0.6 is 23.1 Å². The number of amides is 2. The van der Waals surface area contributed by atoms with E-state index in [9.17, 15) is 18.8 Å². The summed E-state index contributed by atoms with van der Waals surface area (Å²) in [5, 5.41) is 11.6. The van der Waals surface area contributed by atoms with Gasteiger partial charge in [-0.25, -0.2) is 9.18 Å². The number of nitrogens with one attached hydrogen (secondary N) is 1. The molecule has 0 saturated heterocycles. The number of hydrogen-bond acceptors (Lipinski definition) is 9. The van der Waals surface area contributed by atoms with Gasteiger partial charge in [-0.15, -0.1) is 21.5 Å². The number of thioether (sulfide) groups is 1. The Bertz CT molecular complexity index is 1240. The topological polar surface area (TPSA) is 138 Å². The molecule has 0 spiro atoms. The maximum absolute atomic E-state index is 13.1. The van der Waals surface area contributed by atoms with Gasteiger partial charge in [0.05, 0.1) is 22.8 Å². The number of rotatable bonds is 10. The second-order valence-corrected chi connectivity index (χ2v) is 9.26. The number of nitrogens with two attached hydrogens (primary N) is 1. The highest BCUT2D eigenvalue weighted by Gasteiger charge is 2.26. The van der Waals surface area contributed by atoms with Crippen molar-refractivity contribution in [3.8, 4) is 5.75 Å². The maximum Gasteiger partial charge on any atom is 0.341 e. The van der Waals surface area contributed by atoms with Crippen molar-refractivity contribution in [2.75, 3.05) is 17.7 Å². The summed E-state index contributed by atoms with van der Waals surface area (Å²) in [4.78, 5) is 36.9. The van der Waals surface area contributed by atoms with E-state index in [2.05, 4.69) is 15.5 Å². The third kappa shape index (κ3) is 6.17. The van der Waals surface area contributed by atoms with Gasteiger partial charge in [-0.3, -0.25) is 9.59 Å². The minimum absolute atomic E-state index is 0.0374. The Balaban J connectivity index is 1.67. The molecule has 2 heterocycles. The van der Waals surface area contributed by atoms with E-state index < -0.39 is 23.9 Å². The largest absolute Gasteiger partial charge is 0.483 e. The van der Waals surface area contributed by atoms with Gasteiger partial charge in [0.2, 0.25) is 5.91 Å². The molecule has 3 aromatic rings. The van der Waals surface area contributed by atoms with Crippen molar-refractivity contribution in [2.24, 2.45) is 12.8 Å². The number of thiophene rings is 1. The van der Waals surface area contributed by atoms with Crippen LogP contribution in [0, 0.1) is 12.7 Å². The van der Waals surface area contributed by atoms with Crippen LogP contribution in [0.5, 0.6) is 5.75 Å². The Morgan fingerprint density at radius 2 is 1.94 bits per heavy atom. The molecule has 3 N–H and O–H groups in total. The third-order valence-corrected chi connectivity index (χ3v) is 7.04. The zero-order valence-electron chi connectivity index (χ0n) is 19.5. The highest BCUT2D eigenvalue weighted by atomic mass is 32.2. The van der Waals surface area contributed by atoms with Gasteiger partial charge in [-0.1, -0.05) is 11.8 Å². The number of esters is 1. The standard InChI is InChI=1S/C22H24FN5O5S2/c1-5-32-21(31)16-11(2)17(18(24)30)35-20(16)25-15(29)10-34-22-27-26-19(28(22)4)12(3)33-14-8-6-13(23)7-9-14/h6-9,12H,5,10H2,1-4H3,(H2,24,30)(H,25,29). The minimum Gasteiger partial charge on any atom is -0.483 e. The maximum atomic E-state index is 13.1. The molecule has 2 amide bonds. The lowest BCUT2D eigenvalue weighted by atomic mass is 10.1. The van der Waals surface area contributed by atoms with Crippen molar-refractivity contribution in [3.63, 3.8) is 0 Å².